The van der Waals surface area contributed by atoms with Crippen molar-refractivity contribution in [2.75, 3.05) is 0 Å². The van der Waals surface area contributed by atoms with Crippen LogP contribution in [0.4, 0.5) is 0 Å². The van der Waals surface area contributed by atoms with Gasteiger partial charge in [-0.1, -0.05) is 38.5 Å². The Hall–Kier alpha value is -0.820. The van der Waals surface area contributed by atoms with E-state index < -0.39 is 0 Å². The molecule has 0 radical (unpaired) electrons. The van der Waals surface area contributed by atoms with Gasteiger partial charge in [0.25, 0.3) is 0 Å². The van der Waals surface area contributed by atoms with Crippen LogP contribution in [0.3, 0.4) is 0 Å². The Morgan fingerprint density at radius 2 is 2.00 bits per heavy atom. The van der Waals surface area contributed by atoms with Crippen molar-refractivity contribution in [1.82, 2.24) is 5.32 Å². The van der Waals surface area contributed by atoms with Gasteiger partial charge in [0.2, 0.25) is 0 Å². The highest BCUT2D eigenvalue weighted by Gasteiger charge is 2.30. The van der Waals surface area contributed by atoms with Gasteiger partial charge in [-0.25, -0.2) is 0 Å². The number of aryl methyl sites for hydroxylation is 1. The Kier molecular flexibility index (Phi) is 4.45. The summed E-state index contributed by atoms with van der Waals surface area (Å²) in [6.45, 7) is 10.2. The first-order chi connectivity index (χ1) is 8.63. The Balaban J connectivity index is 1.94. The zero-order chi connectivity index (χ0) is 13.1. The first kappa shape index (κ1) is 13.6. The highest BCUT2D eigenvalue weighted by Crippen LogP contribution is 2.34. The van der Waals surface area contributed by atoms with Crippen molar-refractivity contribution in [3.8, 4) is 0 Å². The van der Waals surface area contributed by atoms with E-state index in [1.54, 1.807) is 0 Å². The molecule has 1 fully saturated rings. The Bertz CT molecular complexity index is 397. The summed E-state index contributed by atoms with van der Waals surface area (Å²) >= 11 is 0. The fourth-order valence-electron chi connectivity index (χ4n) is 3.36. The van der Waals surface area contributed by atoms with Gasteiger partial charge in [-0.15, -0.1) is 0 Å². The largest absolute Gasteiger partial charge is 0.310 e. The lowest BCUT2D eigenvalue weighted by atomic mass is 9.93. The molecule has 2 rings (SSSR count). The van der Waals surface area contributed by atoms with Crippen molar-refractivity contribution >= 4 is 0 Å². The molecule has 0 aromatic heterocycles. The van der Waals surface area contributed by atoms with Crippen molar-refractivity contribution in [3.05, 3.63) is 34.9 Å². The van der Waals surface area contributed by atoms with E-state index in [4.69, 9.17) is 0 Å². The second kappa shape index (κ2) is 5.88. The topological polar surface area (TPSA) is 12.0 Å². The average molecular weight is 245 g/mol. The maximum absolute atomic E-state index is 3.78. The van der Waals surface area contributed by atoms with Crippen LogP contribution in [0, 0.1) is 25.7 Å². The summed E-state index contributed by atoms with van der Waals surface area (Å²) in [4.78, 5) is 0. The third-order valence-electron chi connectivity index (χ3n) is 5.02. The van der Waals surface area contributed by atoms with Crippen LogP contribution < -0.4 is 5.32 Å². The number of nitrogens with one attached hydrogen (secondary N) is 1. The van der Waals surface area contributed by atoms with E-state index in [9.17, 15) is 0 Å². The van der Waals surface area contributed by atoms with Gasteiger partial charge in [-0.3, -0.25) is 0 Å². The monoisotopic (exact) mass is 245 g/mol. The molecule has 1 aromatic rings. The SMILES string of the molecule is CCC1CCC(NCc2cccc(C)c2C)C1C. The summed E-state index contributed by atoms with van der Waals surface area (Å²) in [5.74, 6) is 1.77. The predicted molar refractivity (Wildman–Crippen MR) is 78.7 cm³/mol. The molecule has 3 unspecified atom stereocenters. The number of benzene rings is 1. The Morgan fingerprint density at radius 3 is 2.67 bits per heavy atom. The normalized spacial score (nSPS) is 27.7. The van der Waals surface area contributed by atoms with E-state index in [0.29, 0.717) is 0 Å². The summed E-state index contributed by atoms with van der Waals surface area (Å²) in [6.07, 6.45) is 4.09. The van der Waals surface area contributed by atoms with Crippen LogP contribution in [0.2, 0.25) is 0 Å². The highest BCUT2D eigenvalue weighted by atomic mass is 14.9. The van der Waals surface area contributed by atoms with Gasteiger partial charge in [-0.2, -0.15) is 0 Å². The Morgan fingerprint density at radius 1 is 1.22 bits per heavy atom. The molecule has 0 bridgehead atoms. The minimum Gasteiger partial charge on any atom is -0.310 e. The standard InChI is InChI=1S/C17H27N/c1-5-15-9-10-17(14(15)4)18-11-16-8-6-7-12(2)13(16)3/h6-8,14-15,17-18H,5,9-11H2,1-4H3. The molecule has 1 aliphatic carbocycles. The van der Waals surface area contributed by atoms with Crippen molar-refractivity contribution in [1.29, 1.82) is 0 Å². The molecule has 1 N–H and O–H groups in total. The predicted octanol–water partition coefficient (Wildman–Crippen LogP) is 4.22. The summed E-state index contributed by atoms with van der Waals surface area (Å²) in [7, 11) is 0. The maximum atomic E-state index is 3.78. The summed E-state index contributed by atoms with van der Waals surface area (Å²) in [5, 5.41) is 3.78. The maximum Gasteiger partial charge on any atom is 0.0210 e. The molecule has 0 spiro atoms. The molecule has 0 saturated heterocycles. The molecule has 0 heterocycles. The van der Waals surface area contributed by atoms with Gasteiger partial charge in [0.05, 0.1) is 0 Å². The molecule has 1 aliphatic rings. The smallest absolute Gasteiger partial charge is 0.0210 e. The summed E-state index contributed by atoms with van der Waals surface area (Å²) in [5.41, 5.74) is 4.31. The molecular formula is C17H27N. The fourth-order valence-corrected chi connectivity index (χ4v) is 3.36. The van der Waals surface area contributed by atoms with Crippen LogP contribution in [-0.4, -0.2) is 6.04 Å². The van der Waals surface area contributed by atoms with E-state index in [-0.39, 0.29) is 0 Å². The third-order valence-corrected chi connectivity index (χ3v) is 5.02. The first-order valence-corrected chi connectivity index (χ1v) is 7.42. The second-order valence-electron chi connectivity index (χ2n) is 5.95. The van der Waals surface area contributed by atoms with Gasteiger partial charge in [-0.05, 0) is 55.2 Å². The van der Waals surface area contributed by atoms with E-state index >= 15 is 0 Å². The third kappa shape index (κ3) is 2.77. The van der Waals surface area contributed by atoms with Crippen LogP contribution >= 0.6 is 0 Å². The van der Waals surface area contributed by atoms with Gasteiger partial charge in [0, 0.05) is 12.6 Å². The molecule has 0 amide bonds. The lowest BCUT2D eigenvalue weighted by Gasteiger charge is -2.21. The highest BCUT2D eigenvalue weighted by molar-refractivity contribution is 5.33. The molecular weight excluding hydrogens is 218 g/mol. The van der Waals surface area contributed by atoms with Crippen LogP contribution in [0.25, 0.3) is 0 Å². The minimum absolute atomic E-state index is 0.717. The average Bonchev–Trinajstić information content (AvgIpc) is 2.72. The van der Waals surface area contributed by atoms with Crippen molar-refractivity contribution in [3.63, 3.8) is 0 Å². The van der Waals surface area contributed by atoms with Crippen LogP contribution in [0.1, 0.15) is 49.8 Å². The lowest BCUT2D eigenvalue weighted by molar-refractivity contribution is 0.344. The quantitative estimate of drug-likeness (QED) is 0.837. The molecule has 0 aliphatic heterocycles. The van der Waals surface area contributed by atoms with Gasteiger partial charge >= 0.3 is 0 Å². The molecule has 3 atom stereocenters. The van der Waals surface area contributed by atoms with Gasteiger partial charge in [0.15, 0.2) is 0 Å². The van der Waals surface area contributed by atoms with Gasteiger partial charge in [0.1, 0.15) is 0 Å². The van der Waals surface area contributed by atoms with E-state index in [0.717, 1.165) is 24.4 Å². The first-order valence-electron chi connectivity index (χ1n) is 7.42. The second-order valence-corrected chi connectivity index (χ2v) is 5.95. The van der Waals surface area contributed by atoms with E-state index in [2.05, 4.69) is 51.2 Å². The summed E-state index contributed by atoms with van der Waals surface area (Å²) in [6, 6.07) is 7.35. The van der Waals surface area contributed by atoms with Crippen molar-refractivity contribution < 1.29 is 0 Å². The number of hydrogen-bond acceptors (Lipinski definition) is 1. The van der Waals surface area contributed by atoms with Crippen molar-refractivity contribution in [2.24, 2.45) is 11.8 Å². The van der Waals surface area contributed by atoms with Crippen LogP contribution in [0.5, 0.6) is 0 Å². The zero-order valence-electron chi connectivity index (χ0n) is 12.3. The van der Waals surface area contributed by atoms with Crippen LogP contribution in [0.15, 0.2) is 18.2 Å². The molecule has 1 saturated carbocycles. The number of rotatable bonds is 4. The number of hydrogen-bond donors (Lipinski definition) is 1. The lowest BCUT2D eigenvalue weighted by Crippen LogP contribution is -2.32. The van der Waals surface area contributed by atoms with E-state index in [1.165, 1.54) is 36.0 Å². The molecule has 100 valence electrons. The van der Waals surface area contributed by atoms with Gasteiger partial charge < -0.3 is 5.32 Å². The van der Waals surface area contributed by atoms with Crippen molar-refractivity contribution in [2.45, 2.75) is 59.5 Å². The fraction of sp³-hybridized carbons (Fsp3) is 0.647. The minimum atomic E-state index is 0.717. The molecule has 1 aromatic carbocycles. The molecule has 18 heavy (non-hydrogen) atoms. The molecule has 1 nitrogen and oxygen atoms in total. The summed E-state index contributed by atoms with van der Waals surface area (Å²) < 4.78 is 0. The Labute approximate surface area is 112 Å². The zero-order valence-corrected chi connectivity index (χ0v) is 12.3. The van der Waals surface area contributed by atoms with Crippen LogP contribution in [-0.2, 0) is 6.54 Å². The van der Waals surface area contributed by atoms with E-state index in [1.807, 2.05) is 0 Å². The molecule has 1 heteroatoms.